The van der Waals surface area contributed by atoms with Crippen molar-refractivity contribution in [2.75, 3.05) is 19.6 Å². The number of likely N-dealkylation sites (tertiary alicyclic amines) is 1. The Morgan fingerprint density at radius 1 is 0.893 bits per heavy atom. The van der Waals surface area contributed by atoms with Crippen LogP contribution in [0.2, 0.25) is 0 Å². The van der Waals surface area contributed by atoms with Gasteiger partial charge in [0.15, 0.2) is 0 Å². The van der Waals surface area contributed by atoms with E-state index in [0.29, 0.717) is 0 Å². The molecule has 1 fully saturated rings. The molecule has 0 aromatic carbocycles. The second kappa shape index (κ2) is 13.6. The lowest BCUT2D eigenvalue weighted by molar-refractivity contribution is -0.129. The Labute approximate surface area is 174 Å². The molecule has 0 aromatic rings. The molecule has 1 amide bonds. The Bertz CT molecular complexity index is 407. The van der Waals surface area contributed by atoms with Crippen LogP contribution in [-0.2, 0) is 4.79 Å². The van der Waals surface area contributed by atoms with Crippen molar-refractivity contribution in [3.8, 4) is 0 Å². The molecule has 1 saturated heterocycles. The molecule has 0 atom stereocenters. The lowest BCUT2D eigenvalue weighted by Crippen LogP contribution is -2.46. The molecule has 166 valence electrons. The number of nitrogens with two attached hydrogens (primary N) is 1. The Hall–Kier alpha value is -0.610. The zero-order chi connectivity index (χ0) is 20.9. The highest BCUT2D eigenvalue weighted by Gasteiger charge is 2.37. The summed E-state index contributed by atoms with van der Waals surface area (Å²) < 4.78 is 0. The van der Waals surface area contributed by atoms with E-state index in [-0.39, 0.29) is 11.3 Å². The quantitative estimate of drug-likeness (QED) is 0.342. The van der Waals surface area contributed by atoms with Crippen LogP contribution in [0.25, 0.3) is 0 Å². The number of unbranched alkanes of at least 4 members (excludes halogenated alkanes) is 6. The van der Waals surface area contributed by atoms with Gasteiger partial charge in [-0.3, -0.25) is 4.79 Å². The molecule has 28 heavy (non-hydrogen) atoms. The molecule has 1 rings (SSSR count). The van der Waals surface area contributed by atoms with Crippen molar-refractivity contribution in [3.05, 3.63) is 0 Å². The first-order valence-electron chi connectivity index (χ1n) is 12.2. The third kappa shape index (κ3) is 8.82. The van der Waals surface area contributed by atoms with Crippen LogP contribution in [0.3, 0.4) is 0 Å². The van der Waals surface area contributed by atoms with Crippen LogP contribution >= 0.6 is 0 Å². The van der Waals surface area contributed by atoms with Gasteiger partial charge in [0.25, 0.3) is 0 Å². The maximum Gasteiger partial charge on any atom is 0.223 e. The smallest absolute Gasteiger partial charge is 0.223 e. The van der Waals surface area contributed by atoms with Crippen LogP contribution in [0.15, 0.2) is 0 Å². The molecule has 0 aliphatic carbocycles. The summed E-state index contributed by atoms with van der Waals surface area (Å²) in [6, 6.07) is 0. The van der Waals surface area contributed by atoms with Gasteiger partial charge in [-0.05, 0) is 45.1 Å². The topological polar surface area (TPSA) is 66.6 Å². The van der Waals surface area contributed by atoms with Gasteiger partial charge in [-0.2, -0.15) is 0 Å². The minimum absolute atomic E-state index is 0.0900. The lowest BCUT2D eigenvalue weighted by Gasteiger charge is -2.40. The monoisotopic (exact) mass is 396 g/mol. The number of aliphatic hydroxyl groups is 1. The van der Waals surface area contributed by atoms with Crippen molar-refractivity contribution in [2.24, 2.45) is 11.1 Å². The van der Waals surface area contributed by atoms with Crippen molar-refractivity contribution in [1.82, 2.24) is 4.90 Å². The first-order chi connectivity index (χ1) is 13.4. The molecule has 0 spiro atoms. The van der Waals surface area contributed by atoms with Gasteiger partial charge in [-0.15, -0.1) is 0 Å². The van der Waals surface area contributed by atoms with E-state index >= 15 is 0 Å². The van der Waals surface area contributed by atoms with Gasteiger partial charge in [0.2, 0.25) is 5.91 Å². The minimum atomic E-state index is -0.464. The number of piperidine rings is 1. The fourth-order valence-electron chi connectivity index (χ4n) is 4.69. The van der Waals surface area contributed by atoms with Gasteiger partial charge in [0, 0.05) is 13.1 Å². The summed E-state index contributed by atoms with van der Waals surface area (Å²) in [4.78, 5) is 14.9. The normalized spacial score (nSPS) is 17.7. The molecule has 1 aliphatic heterocycles. The number of carbonyl (C=O) groups is 1. The van der Waals surface area contributed by atoms with Gasteiger partial charge in [-0.25, -0.2) is 0 Å². The number of primary amides is 1. The van der Waals surface area contributed by atoms with Crippen LogP contribution in [0.1, 0.15) is 117 Å². The van der Waals surface area contributed by atoms with E-state index in [1.54, 1.807) is 0 Å². The molecule has 0 aromatic heterocycles. The van der Waals surface area contributed by atoms with E-state index < -0.39 is 5.60 Å². The SMILES string of the molecule is CCCCCC1(O)CCN(CCC(CCCCC)(CCCCC)C(N)=O)CC1. The summed E-state index contributed by atoms with van der Waals surface area (Å²) >= 11 is 0. The number of nitrogens with zero attached hydrogens (tertiary/aromatic N) is 1. The number of rotatable bonds is 16. The molecule has 1 aliphatic rings. The Kier molecular flexibility index (Phi) is 12.3. The van der Waals surface area contributed by atoms with Crippen molar-refractivity contribution in [2.45, 2.75) is 123 Å². The number of carbonyl (C=O) groups excluding carboxylic acids is 1. The van der Waals surface area contributed by atoms with Crippen molar-refractivity contribution < 1.29 is 9.90 Å². The molecule has 1 heterocycles. The number of hydrogen-bond acceptors (Lipinski definition) is 3. The molecule has 0 unspecified atom stereocenters. The van der Waals surface area contributed by atoms with Gasteiger partial charge in [0.05, 0.1) is 11.0 Å². The van der Waals surface area contributed by atoms with Gasteiger partial charge < -0.3 is 15.7 Å². The second-order valence-corrected chi connectivity index (χ2v) is 9.33. The fourth-order valence-corrected chi connectivity index (χ4v) is 4.69. The molecule has 0 radical (unpaired) electrons. The van der Waals surface area contributed by atoms with Crippen LogP contribution in [0, 0.1) is 5.41 Å². The van der Waals surface area contributed by atoms with Crippen LogP contribution in [-0.4, -0.2) is 41.1 Å². The van der Waals surface area contributed by atoms with Crippen LogP contribution in [0.4, 0.5) is 0 Å². The van der Waals surface area contributed by atoms with E-state index in [0.717, 1.165) is 77.4 Å². The standard InChI is InChI=1S/C24H48N2O2/c1-4-7-10-13-23(22(25)27,14-11-8-5-2)16-19-26-20-17-24(28,18-21-26)15-12-9-6-3/h28H,4-21H2,1-3H3,(H2,25,27). The van der Waals surface area contributed by atoms with E-state index in [2.05, 4.69) is 25.7 Å². The molecule has 0 bridgehead atoms. The van der Waals surface area contributed by atoms with E-state index in [1.165, 1.54) is 38.5 Å². The van der Waals surface area contributed by atoms with E-state index in [9.17, 15) is 9.90 Å². The third-order valence-electron chi connectivity index (χ3n) is 6.98. The lowest BCUT2D eigenvalue weighted by atomic mass is 9.74. The summed E-state index contributed by atoms with van der Waals surface area (Å²) in [6.45, 7) is 9.45. The fraction of sp³-hybridized carbons (Fsp3) is 0.958. The predicted molar refractivity (Wildman–Crippen MR) is 119 cm³/mol. The first-order valence-corrected chi connectivity index (χ1v) is 12.2. The van der Waals surface area contributed by atoms with Crippen molar-refractivity contribution in [1.29, 1.82) is 0 Å². The Morgan fingerprint density at radius 3 is 1.86 bits per heavy atom. The number of hydrogen-bond donors (Lipinski definition) is 2. The van der Waals surface area contributed by atoms with E-state index in [4.69, 9.17) is 5.73 Å². The summed E-state index contributed by atoms with van der Waals surface area (Å²) in [5, 5.41) is 10.8. The Morgan fingerprint density at radius 2 is 1.39 bits per heavy atom. The molecule has 3 N–H and O–H groups in total. The molecule has 0 saturated carbocycles. The third-order valence-corrected chi connectivity index (χ3v) is 6.98. The highest BCUT2D eigenvalue weighted by molar-refractivity contribution is 5.80. The molecule has 4 nitrogen and oxygen atoms in total. The molecular weight excluding hydrogens is 348 g/mol. The summed E-state index contributed by atoms with van der Waals surface area (Å²) in [6.07, 6.45) is 15.9. The second-order valence-electron chi connectivity index (χ2n) is 9.33. The maximum absolute atomic E-state index is 12.5. The van der Waals surface area contributed by atoms with Crippen LogP contribution in [0.5, 0.6) is 0 Å². The van der Waals surface area contributed by atoms with Gasteiger partial charge >= 0.3 is 0 Å². The molecule has 4 heteroatoms. The largest absolute Gasteiger partial charge is 0.390 e. The summed E-state index contributed by atoms with van der Waals surface area (Å²) in [5.74, 6) is -0.0900. The minimum Gasteiger partial charge on any atom is -0.390 e. The predicted octanol–water partition coefficient (Wildman–Crippen LogP) is 5.42. The van der Waals surface area contributed by atoms with Gasteiger partial charge in [0.1, 0.15) is 0 Å². The highest BCUT2D eigenvalue weighted by atomic mass is 16.3. The van der Waals surface area contributed by atoms with Crippen molar-refractivity contribution in [3.63, 3.8) is 0 Å². The maximum atomic E-state index is 12.5. The average Bonchev–Trinajstić information content (AvgIpc) is 2.67. The van der Waals surface area contributed by atoms with Gasteiger partial charge in [-0.1, -0.05) is 78.6 Å². The average molecular weight is 397 g/mol. The zero-order valence-corrected chi connectivity index (χ0v) is 19.1. The summed E-state index contributed by atoms with van der Waals surface area (Å²) in [7, 11) is 0. The number of amides is 1. The Balaban J connectivity index is 2.57. The zero-order valence-electron chi connectivity index (χ0n) is 19.1. The molecular formula is C24H48N2O2. The highest BCUT2D eigenvalue weighted by Crippen LogP contribution is 2.36. The summed E-state index contributed by atoms with van der Waals surface area (Å²) in [5.41, 5.74) is 5.17. The van der Waals surface area contributed by atoms with Crippen molar-refractivity contribution >= 4 is 5.91 Å². The van der Waals surface area contributed by atoms with Crippen LogP contribution < -0.4 is 5.73 Å². The first kappa shape index (κ1) is 25.4. The van der Waals surface area contributed by atoms with E-state index in [1.807, 2.05) is 0 Å².